The third kappa shape index (κ3) is 25.7. The number of carbonyl (C=O) groups is 1. The zero-order chi connectivity index (χ0) is 9.99. The number of rotatable bonds is 2. The summed E-state index contributed by atoms with van der Waals surface area (Å²) in [7, 11) is -10.3. The third-order valence-electron chi connectivity index (χ3n) is 0.347. The molecule has 0 atom stereocenters. The van der Waals surface area contributed by atoms with Crippen molar-refractivity contribution in [1.29, 1.82) is 0 Å². The van der Waals surface area contributed by atoms with Crippen LogP contribution in [0.1, 0.15) is 2.85 Å². The molecule has 88 valence electrons. The Bertz CT molecular complexity index is 345. The van der Waals surface area contributed by atoms with Gasteiger partial charge in [0.1, 0.15) is 0 Å². The van der Waals surface area contributed by atoms with Gasteiger partial charge >= 0.3 is 141 Å². The summed E-state index contributed by atoms with van der Waals surface area (Å²) in [6.07, 6.45) is -2.29. The summed E-state index contributed by atoms with van der Waals surface area (Å²) in [5.74, 6) is 0. The third-order valence-corrected chi connectivity index (χ3v) is 1.04. The second kappa shape index (κ2) is 12.9. The minimum atomic E-state index is -5.15. The molecule has 0 aromatic carbocycles. The van der Waals surface area contributed by atoms with Crippen molar-refractivity contribution < 1.29 is 101 Å². The Morgan fingerprint density at radius 3 is 1.19 bits per heavy atom. The van der Waals surface area contributed by atoms with E-state index in [1.807, 2.05) is 0 Å². The van der Waals surface area contributed by atoms with E-state index in [0.717, 1.165) is 0 Å². The van der Waals surface area contributed by atoms with Crippen LogP contribution in [0.15, 0.2) is 0 Å². The summed E-state index contributed by atoms with van der Waals surface area (Å²) < 4.78 is 60.1. The van der Waals surface area contributed by atoms with Crippen molar-refractivity contribution in [2.45, 2.75) is 0 Å². The molecule has 0 aliphatic carbocycles. The molecule has 0 aliphatic heterocycles. The van der Waals surface area contributed by atoms with Gasteiger partial charge in [-0.25, -0.2) is 4.79 Å². The van der Waals surface area contributed by atoms with Crippen LogP contribution in [-0.4, -0.2) is 86.7 Å². The Morgan fingerprint density at radius 2 is 1.06 bits per heavy atom. The molecule has 2 N–H and O–H groups in total. The molecule has 0 heterocycles. The molecule has 0 amide bonds. The van der Waals surface area contributed by atoms with Crippen LogP contribution in [0, 0.1) is 0 Å². The van der Waals surface area contributed by atoms with Gasteiger partial charge in [0.2, 0.25) is 0 Å². The average molecular weight is 689 g/mol. The Labute approximate surface area is 179 Å². The summed E-state index contributed by atoms with van der Waals surface area (Å²) in [6, 6.07) is 0. The Balaban J connectivity index is -0.0000000403. The van der Waals surface area contributed by atoms with Crippen molar-refractivity contribution in [3.05, 3.63) is 0 Å². The van der Waals surface area contributed by atoms with E-state index in [1.165, 1.54) is 0 Å². The summed E-state index contributed by atoms with van der Waals surface area (Å²) in [6.45, 7) is 0. The predicted octanol–water partition coefficient (Wildman–Crippen LogP) is -8.85. The van der Waals surface area contributed by atoms with Crippen LogP contribution < -0.4 is 59.1 Å². The first kappa shape index (κ1) is 31.4. The summed E-state index contributed by atoms with van der Waals surface area (Å²) in [5.41, 5.74) is 0. The monoisotopic (exact) mass is 690 g/mol. The maximum atomic E-state index is 9.95. The zero-order valence-electron chi connectivity index (χ0n) is 10.5. The standard InChI is InChI=1S/CH2O9S2.2Na.2Pb.6H/c2-1(9-11(3,4)5)10-12(6,7)8;;;;;;;;;;/h(H,3,4,5)(H,6,7,8);;;;;;;;;;/q;2*+1;;;;;;;2*-1. The fraction of sp³-hybridized carbons (Fsp3) is 0. The van der Waals surface area contributed by atoms with Crippen molar-refractivity contribution in [2.75, 3.05) is 0 Å². The van der Waals surface area contributed by atoms with Gasteiger partial charge < -0.3 is 2.85 Å². The maximum absolute atomic E-state index is 9.95. The molecule has 0 aromatic rings. The molecule has 0 aliphatic rings. The minimum absolute atomic E-state index is 0. The normalized spacial score (nSPS) is 9.12. The molecule has 0 saturated carbocycles. The van der Waals surface area contributed by atoms with E-state index in [9.17, 15) is 21.6 Å². The fourth-order valence-corrected chi connectivity index (χ4v) is 0.641. The molecule has 0 saturated heterocycles. The fourth-order valence-electron chi connectivity index (χ4n) is 0.186. The second-order valence-corrected chi connectivity index (χ2v) is 3.32. The van der Waals surface area contributed by atoms with Crippen molar-refractivity contribution >= 4 is 81.6 Å². The van der Waals surface area contributed by atoms with Gasteiger partial charge in [0.25, 0.3) is 0 Å². The molecule has 0 rings (SSSR count). The first-order valence-corrected chi connectivity index (χ1v) is 4.71. The molecule has 0 bridgehead atoms. The van der Waals surface area contributed by atoms with E-state index in [-0.39, 0.29) is 117 Å². The van der Waals surface area contributed by atoms with E-state index in [1.54, 1.807) is 0 Å². The van der Waals surface area contributed by atoms with E-state index < -0.39 is 27.0 Å². The van der Waals surface area contributed by atoms with Crippen LogP contribution in [0.4, 0.5) is 4.79 Å². The van der Waals surface area contributed by atoms with Gasteiger partial charge in [0.05, 0.1) is 0 Å². The zero-order valence-corrected chi connectivity index (χ0v) is 25.1. The van der Waals surface area contributed by atoms with Crippen molar-refractivity contribution in [3.8, 4) is 0 Å². The van der Waals surface area contributed by atoms with Crippen LogP contribution >= 0.6 is 0 Å². The SMILES string of the molecule is O=C(OS(=O)(=O)O)OS(=O)(=O)O.[H-].[H-].[Na+].[Na+].[PbH2].[PbH2]. The van der Waals surface area contributed by atoms with Crippen LogP contribution in [0.3, 0.4) is 0 Å². The summed E-state index contributed by atoms with van der Waals surface area (Å²) in [5, 5.41) is 0. The van der Waals surface area contributed by atoms with Crippen molar-refractivity contribution in [3.63, 3.8) is 0 Å². The quantitative estimate of drug-likeness (QED) is 0.214. The molecule has 15 heteroatoms. The van der Waals surface area contributed by atoms with Gasteiger partial charge in [-0.05, 0) is 0 Å². The summed E-state index contributed by atoms with van der Waals surface area (Å²) in [4.78, 5) is 9.95. The van der Waals surface area contributed by atoms with Crippen LogP contribution in [-0.2, 0) is 29.2 Å². The number of hydrogen-bond acceptors (Lipinski definition) is 7. The van der Waals surface area contributed by atoms with E-state index in [0.29, 0.717) is 0 Å². The molecule has 0 aromatic heterocycles. The van der Waals surface area contributed by atoms with E-state index in [2.05, 4.69) is 8.37 Å². The topological polar surface area (TPSA) is 144 Å². The molecule has 0 unspecified atom stereocenters. The van der Waals surface area contributed by atoms with Gasteiger partial charge in [0.15, 0.2) is 0 Å². The summed E-state index contributed by atoms with van der Waals surface area (Å²) >= 11 is 0. The predicted molar refractivity (Wildman–Crippen MR) is 50.0 cm³/mol. The number of carbonyl (C=O) groups excluding carboxylic acids is 1. The van der Waals surface area contributed by atoms with E-state index >= 15 is 0 Å². The van der Waals surface area contributed by atoms with Crippen LogP contribution in [0.25, 0.3) is 0 Å². The molecule has 4 radical (unpaired) electrons. The van der Waals surface area contributed by atoms with Gasteiger partial charge in [-0.1, -0.05) is 0 Å². The van der Waals surface area contributed by atoms with Gasteiger partial charge in [0, 0.05) is 0 Å². The molecule has 9 nitrogen and oxygen atoms in total. The molecule has 16 heavy (non-hydrogen) atoms. The van der Waals surface area contributed by atoms with Crippen molar-refractivity contribution in [1.82, 2.24) is 0 Å². The second-order valence-electron chi connectivity index (χ2n) is 1.27. The van der Waals surface area contributed by atoms with Crippen LogP contribution in [0.5, 0.6) is 0 Å². The number of hydrogen-bond donors (Lipinski definition) is 2. The van der Waals surface area contributed by atoms with Gasteiger partial charge in [-0.2, -0.15) is 16.8 Å². The Morgan fingerprint density at radius 1 is 0.875 bits per heavy atom. The Kier molecular flexibility index (Phi) is 25.4. The first-order chi connectivity index (χ1) is 5.10. The van der Waals surface area contributed by atoms with E-state index in [4.69, 9.17) is 9.11 Å². The molecule has 0 spiro atoms. The van der Waals surface area contributed by atoms with Gasteiger partial charge in [-0.15, -0.1) is 0 Å². The molecular formula is CH8Na2O9Pb2S2. The molecular weight excluding hydrogens is 681 g/mol. The van der Waals surface area contributed by atoms with Crippen LogP contribution in [0.2, 0.25) is 0 Å². The average Bonchev–Trinajstić information content (AvgIpc) is 1.49. The Hall–Kier alpha value is 2.93. The first-order valence-electron chi connectivity index (χ1n) is 1.98. The van der Waals surface area contributed by atoms with Gasteiger partial charge in [-0.3, -0.25) is 17.5 Å². The van der Waals surface area contributed by atoms with Crippen molar-refractivity contribution in [2.24, 2.45) is 0 Å². The molecule has 0 fully saturated rings.